The highest BCUT2D eigenvalue weighted by molar-refractivity contribution is 6.24. The Morgan fingerprint density at radius 2 is 1.65 bits per heavy atom. The zero-order valence-electron chi connectivity index (χ0n) is 26.5. The number of nitrogens with zero attached hydrogens (tertiary/aromatic N) is 2. The number of likely N-dealkylation sites (N-methyl/N-ethyl adjacent to an activating group) is 1. The van der Waals surface area contributed by atoms with Gasteiger partial charge < -0.3 is 41.7 Å². The molecule has 0 bridgehead atoms. The first kappa shape index (κ1) is 34.3. The second kappa shape index (κ2) is 11.6. The van der Waals surface area contributed by atoms with Crippen molar-refractivity contribution < 1.29 is 52.8 Å². The van der Waals surface area contributed by atoms with Gasteiger partial charge in [0.25, 0.3) is 5.91 Å². The molecular weight excluding hydrogens is 639 g/mol. The fraction of sp³-hybridized carbons (Fsp3) is 0.375. The minimum absolute atomic E-state index is 0.0135. The molecule has 4 unspecified atom stereocenters. The Morgan fingerprint density at radius 1 is 1.02 bits per heavy atom. The second-order valence-electron chi connectivity index (χ2n) is 12.6. The van der Waals surface area contributed by atoms with E-state index in [1.54, 1.807) is 19.0 Å². The summed E-state index contributed by atoms with van der Waals surface area (Å²) < 4.78 is 41.0. The van der Waals surface area contributed by atoms with Crippen LogP contribution in [0.1, 0.15) is 28.7 Å². The standard InChI is InChI=1S/C32H34F3N5O8/c1-12-6-7-17(15(8-12)32(33,34)35)37-30(47)38-18-11-19(39(2)3)14-9-13-10-16-23(40(4)5)26(43)22(29(36)46)28(45)31(16,48)27(44)20(13)25(42)21(14)24(18)41/h6-8,11,13,16,23,41-42,45,48H,9-10H2,1-5H3,(H2,36,46)(H2,37,38,47). The number of hydrogen-bond donors (Lipinski definition) is 7. The Morgan fingerprint density at radius 3 is 2.21 bits per heavy atom. The topological polar surface area (TPSA) is 206 Å². The highest BCUT2D eigenvalue weighted by Crippen LogP contribution is 2.54. The summed E-state index contributed by atoms with van der Waals surface area (Å²) in [7, 11) is 6.22. The molecule has 0 radical (unpaired) electrons. The molecule has 0 spiro atoms. The third kappa shape index (κ3) is 5.20. The number of primary amides is 1. The molecule has 3 amide bonds. The molecule has 1 fully saturated rings. The molecule has 4 atom stereocenters. The van der Waals surface area contributed by atoms with Crippen LogP contribution in [0.25, 0.3) is 5.76 Å². The summed E-state index contributed by atoms with van der Waals surface area (Å²) in [6.45, 7) is 1.46. The van der Waals surface area contributed by atoms with Crippen LogP contribution < -0.4 is 21.3 Å². The summed E-state index contributed by atoms with van der Waals surface area (Å²) in [6, 6.07) is 2.23. The van der Waals surface area contributed by atoms with E-state index < -0.39 is 92.8 Å². The molecule has 0 saturated heterocycles. The predicted octanol–water partition coefficient (Wildman–Crippen LogP) is 3.00. The number of alkyl halides is 3. The molecule has 5 rings (SSSR count). The van der Waals surface area contributed by atoms with Crippen LogP contribution in [-0.2, 0) is 27.0 Å². The number of nitrogens with one attached hydrogen (secondary N) is 2. The van der Waals surface area contributed by atoms with Gasteiger partial charge in [0.2, 0.25) is 5.78 Å². The number of aromatic hydroxyl groups is 1. The molecule has 3 aliphatic carbocycles. The number of anilines is 3. The lowest BCUT2D eigenvalue weighted by atomic mass is 9.57. The van der Waals surface area contributed by atoms with E-state index in [0.29, 0.717) is 16.8 Å². The minimum Gasteiger partial charge on any atom is -0.508 e. The van der Waals surface area contributed by atoms with Crippen LogP contribution in [0.4, 0.5) is 35.0 Å². The van der Waals surface area contributed by atoms with Gasteiger partial charge in [-0.15, -0.1) is 0 Å². The van der Waals surface area contributed by atoms with E-state index in [1.807, 2.05) is 0 Å². The molecular formula is C32H34F3N5O8. The van der Waals surface area contributed by atoms with Crippen molar-refractivity contribution in [1.29, 1.82) is 0 Å². The number of aliphatic hydroxyl groups excluding tert-OH is 2. The van der Waals surface area contributed by atoms with E-state index in [4.69, 9.17) is 5.73 Å². The number of aryl methyl sites for hydroxylation is 1. The normalized spacial score (nSPS) is 23.8. The van der Waals surface area contributed by atoms with Crippen LogP contribution in [0, 0.1) is 18.8 Å². The number of aliphatic hydroxyl groups is 3. The lowest BCUT2D eigenvalue weighted by molar-refractivity contribution is -0.153. The summed E-state index contributed by atoms with van der Waals surface area (Å²) in [6.07, 6.45) is -4.93. The van der Waals surface area contributed by atoms with E-state index in [1.165, 1.54) is 38.1 Å². The third-order valence-corrected chi connectivity index (χ3v) is 9.16. The number of nitrogens with two attached hydrogens (primary N) is 1. The number of hydrogen-bond acceptors (Lipinski definition) is 10. The summed E-state index contributed by atoms with van der Waals surface area (Å²) in [5.41, 5.74) is -0.156. The van der Waals surface area contributed by atoms with Crippen molar-refractivity contribution in [2.24, 2.45) is 17.6 Å². The van der Waals surface area contributed by atoms with Crippen molar-refractivity contribution in [1.82, 2.24) is 4.90 Å². The molecule has 0 aliphatic heterocycles. The summed E-state index contributed by atoms with van der Waals surface area (Å²) in [5.74, 6) is -8.34. The van der Waals surface area contributed by atoms with E-state index >= 15 is 0 Å². The Balaban J connectivity index is 1.62. The van der Waals surface area contributed by atoms with Crippen molar-refractivity contribution in [2.75, 3.05) is 43.7 Å². The molecule has 0 aromatic heterocycles. The lowest BCUT2D eigenvalue weighted by Crippen LogP contribution is -2.65. The van der Waals surface area contributed by atoms with Crippen molar-refractivity contribution in [3.63, 3.8) is 0 Å². The number of carbonyl (C=O) groups is 4. The van der Waals surface area contributed by atoms with E-state index in [9.17, 15) is 52.8 Å². The lowest BCUT2D eigenvalue weighted by Gasteiger charge is -2.50. The van der Waals surface area contributed by atoms with Gasteiger partial charge in [-0.1, -0.05) is 11.6 Å². The number of benzene rings is 2. The number of carbonyl (C=O) groups excluding carboxylic acids is 4. The monoisotopic (exact) mass is 673 g/mol. The number of halogens is 3. The van der Waals surface area contributed by atoms with E-state index in [2.05, 4.69) is 10.6 Å². The Kier molecular flexibility index (Phi) is 8.25. The maximum atomic E-state index is 14.1. The summed E-state index contributed by atoms with van der Waals surface area (Å²) in [4.78, 5) is 55.5. The average Bonchev–Trinajstić information content (AvgIpc) is 2.96. The van der Waals surface area contributed by atoms with Gasteiger partial charge in [0.15, 0.2) is 17.1 Å². The fourth-order valence-electron chi connectivity index (χ4n) is 7.06. The third-order valence-electron chi connectivity index (χ3n) is 9.16. The zero-order chi connectivity index (χ0) is 35.8. The molecule has 2 aromatic carbocycles. The minimum atomic E-state index is -4.79. The smallest absolute Gasteiger partial charge is 0.418 e. The van der Waals surface area contributed by atoms with Gasteiger partial charge in [-0.2, -0.15) is 13.2 Å². The number of phenolic OH excluding ortho intramolecular Hbond substituents is 1. The van der Waals surface area contributed by atoms with Crippen molar-refractivity contribution in [3.05, 3.63) is 63.4 Å². The van der Waals surface area contributed by atoms with Crippen LogP contribution in [0.15, 0.2) is 41.2 Å². The molecule has 256 valence electrons. The predicted molar refractivity (Wildman–Crippen MR) is 167 cm³/mol. The number of fused-ring (bicyclic) bond motifs is 3. The molecule has 0 heterocycles. The van der Waals surface area contributed by atoms with Crippen molar-refractivity contribution in [2.45, 2.75) is 37.6 Å². The van der Waals surface area contributed by atoms with Gasteiger partial charge in [0, 0.05) is 31.3 Å². The molecule has 3 aliphatic rings. The number of rotatable bonds is 5. The highest BCUT2D eigenvalue weighted by Gasteiger charge is 2.64. The van der Waals surface area contributed by atoms with E-state index in [0.717, 1.165) is 12.1 Å². The molecule has 13 nitrogen and oxygen atoms in total. The van der Waals surface area contributed by atoms with Crippen molar-refractivity contribution >= 4 is 46.3 Å². The Labute approximate surface area is 272 Å². The maximum absolute atomic E-state index is 14.1. The van der Waals surface area contributed by atoms with Gasteiger partial charge in [-0.25, -0.2) is 4.79 Å². The van der Waals surface area contributed by atoms with Crippen LogP contribution in [0.2, 0.25) is 0 Å². The fourth-order valence-corrected chi connectivity index (χ4v) is 7.06. The summed E-state index contributed by atoms with van der Waals surface area (Å²) in [5, 5.41) is 50.2. The van der Waals surface area contributed by atoms with Crippen LogP contribution in [-0.4, -0.2) is 88.7 Å². The molecule has 8 N–H and O–H groups in total. The number of phenols is 1. The van der Waals surface area contributed by atoms with Crippen LogP contribution in [0.5, 0.6) is 5.75 Å². The Bertz CT molecular complexity index is 1850. The molecule has 16 heteroatoms. The molecule has 2 aromatic rings. The largest absolute Gasteiger partial charge is 0.508 e. The number of ketones is 2. The van der Waals surface area contributed by atoms with Crippen LogP contribution in [0.3, 0.4) is 0 Å². The first-order valence-electron chi connectivity index (χ1n) is 14.7. The van der Waals surface area contributed by atoms with E-state index in [-0.39, 0.29) is 24.1 Å². The second-order valence-corrected chi connectivity index (χ2v) is 12.6. The van der Waals surface area contributed by atoms with Gasteiger partial charge in [0.05, 0.1) is 28.5 Å². The van der Waals surface area contributed by atoms with Gasteiger partial charge in [-0.3, -0.25) is 19.3 Å². The highest BCUT2D eigenvalue weighted by atomic mass is 19.4. The maximum Gasteiger partial charge on any atom is 0.418 e. The number of Topliss-reactive ketones (excluding diaryl/α,β-unsaturated/α-hetero) is 2. The first-order valence-corrected chi connectivity index (χ1v) is 14.7. The summed E-state index contributed by atoms with van der Waals surface area (Å²) >= 11 is 0. The van der Waals surface area contributed by atoms with Crippen LogP contribution >= 0.6 is 0 Å². The molecule has 1 saturated carbocycles. The van der Waals surface area contributed by atoms with Gasteiger partial charge in [0.1, 0.15) is 17.1 Å². The van der Waals surface area contributed by atoms with Gasteiger partial charge >= 0.3 is 12.2 Å². The average molecular weight is 674 g/mol. The van der Waals surface area contributed by atoms with Crippen molar-refractivity contribution in [3.8, 4) is 5.75 Å². The zero-order valence-corrected chi connectivity index (χ0v) is 26.5. The molecule has 48 heavy (non-hydrogen) atoms. The Hall–Kier alpha value is -5.09. The number of urea groups is 1. The SMILES string of the molecule is Cc1ccc(NC(=O)Nc2cc(N(C)C)c3c(c2O)C(O)=C2C(=O)C4(O)C(O)=C(C(N)=O)C(=O)C(N(C)C)C4CC2C3)c(C(F)(F)F)c1. The van der Waals surface area contributed by atoms with Gasteiger partial charge in [-0.05, 0) is 63.5 Å². The first-order chi connectivity index (χ1) is 22.2. The quantitative estimate of drug-likeness (QED) is 0.183. The number of amides is 3.